The van der Waals surface area contributed by atoms with E-state index >= 15 is 0 Å². The Morgan fingerprint density at radius 2 is 2.00 bits per heavy atom. The Morgan fingerprint density at radius 1 is 1.36 bits per heavy atom. The van der Waals surface area contributed by atoms with Crippen molar-refractivity contribution in [3.8, 4) is 0 Å². The minimum Gasteiger partial charge on any atom is -0.460 e. The molecular weight excluding hydrogens is 331 g/mol. The summed E-state index contributed by atoms with van der Waals surface area (Å²) in [4.78, 5) is 36.0. The Bertz CT molecular complexity index is 653. The Labute approximate surface area is 145 Å². The largest absolute Gasteiger partial charge is 0.460 e. The maximum absolute atomic E-state index is 12.9. The van der Waals surface area contributed by atoms with Gasteiger partial charge in [0.05, 0.1) is 12.5 Å². The van der Waals surface area contributed by atoms with Crippen LogP contribution in [0.2, 0.25) is 0 Å². The van der Waals surface area contributed by atoms with Gasteiger partial charge in [-0.05, 0) is 33.8 Å². The molecule has 1 rings (SSSR count). The molecule has 0 spiro atoms. The predicted molar refractivity (Wildman–Crippen MR) is 89.8 cm³/mol. The van der Waals surface area contributed by atoms with Crippen LogP contribution in [-0.4, -0.2) is 46.0 Å². The molecule has 0 aliphatic carbocycles. The SMILES string of the molecule is C[C@@H](C(=O)NC(CC(=O)OC(C)(C)C)C(O)CF)n1ccccc1=O. The van der Waals surface area contributed by atoms with Gasteiger partial charge in [-0.25, -0.2) is 4.39 Å². The van der Waals surface area contributed by atoms with Crippen LogP contribution < -0.4 is 10.9 Å². The molecule has 8 heteroatoms. The summed E-state index contributed by atoms with van der Waals surface area (Å²) < 4.78 is 19.2. The zero-order valence-corrected chi connectivity index (χ0v) is 14.9. The molecule has 25 heavy (non-hydrogen) atoms. The number of ether oxygens (including phenoxy) is 1. The molecule has 0 bridgehead atoms. The van der Waals surface area contributed by atoms with E-state index in [-0.39, 0.29) is 12.0 Å². The van der Waals surface area contributed by atoms with Crippen LogP contribution >= 0.6 is 0 Å². The van der Waals surface area contributed by atoms with E-state index in [1.165, 1.54) is 23.8 Å². The molecule has 140 valence electrons. The molecule has 0 radical (unpaired) electrons. The second-order valence-corrected chi connectivity index (χ2v) is 6.75. The fourth-order valence-electron chi connectivity index (χ4n) is 2.14. The number of carbonyl (C=O) groups excluding carboxylic acids is 2. The number of aliphatic hydroxyl groups excluding tert-OH is 1. The fraction of sp³-hybridized carbons (Fsp3) is 0.588. The van der Waals surface area contributed by atoms with Gasteiger partial charge in [0.2, 0.25) is 5.91 Å². The summed E-state index contributed by atoms with van der Waals surface area (Å²) in [5, 5.41) is 12.2. The number of aromatic nitrogens is 1. The Balaban J connectivity index is 2.84. The number of nitrogens with one attached hydrogen (secondary N) is 1. The first-order valence-corrected chi connectivity index (χ1v) is 7.98. The lowest BCUT2D eigenvalue weighted by atomic mass is 10.1. The van der Waals surface area contributed by atoms with Crippen LogP contribution in [0.15, 0.2) is 29.2 Å². The van der Waals surface area contributed by atoms with Crippen molar-refractivity contribution >= 4 is 11.9 Å². The van der Waals surface area contributed by atoms with E-state index in [1.54, 1.807) is 32.9 Å². The van der Waals surface area contributed by atoms with Gasteiger partial charge in [0.1, 0.15) is 24.4 Å². The highest BCUT2D eigenvalue weighted by molar-refractivity contribution is 5.81. The summed E-state index contributed by atoms with van der Waals surface area (Å²) in [7, 11) is 0. The molecule has 2 unspecified atom stereocenters. The van der Waals surface area contributed by atoms with Crippen molar-refractivity contribution < 1.29 is 23.8 Å². The first-order chi connectivity index (χ1) is 11.5. The molecule has 2 N–H and O–H groups in total. The van der Waals surface area contributed by atoms with Crippen molar-refractivity contribution in [2.24, 2.45) is 0 Å². The molecule has 0 fully saturated rings. The number of carbonyl (C=O) groups is 2. The third-order valence-electron chi connectivity index (χ3n) is 3.40. The van der Waals surface area contributed by atoms with Crippen molar-refractivity contribution in [1.82, 2.24) is 9.88 Å². The number of hydrogen-bond acceptors (Lipinski definition) is 5. The second kappa shape index (κ2) is 8.75. The van der Waals surface area contributed by atoms with Crippen LogP contribution in [0.4, 0.5) is 4.39 Å². The van der Waals surface area contributed by atoms with Crippen molar-refractivity contribution in [1.29, 1.82) is 0 Å². The third kappa shape index (κ3) is 6.66. The average Bonchev–Trinajstić information content (AvgIpc) is 2.51. The highest BCUT2D eigenvalue weighted by Crippen LogP contribution is 2.12. The van der Waals surface area contributed by atoms with Gasteiger partial charge in [-0.15, -0.1) is 0 Å². The summed E-state index contributed by atoms with van der Waals surface area (Å²) >= 11 is 0. The second-order valence-electron chi connectivity index (χ2n) is 6.75. The average molecular weight is 356 g/mol. The molecule has 0 saturated carbocycles. The topological polar surface area (TPSA) is 97.6 Å². The van der Waals surface area contributed by atoms with Crippen LogP contribution in [0.5, 0.6) is 0 Å². The van der Waals surface area contributed by atoms with Crippen LogP contribution in [0.3, 0.4) is 0 Å². The van der Waals surface area contributed by atoms with Crippen molar-refractivity contribution in [3.63, 3.8) is 0 Å². The Morgan fingerprint density at radius 3 is 2.52 bits per heavy atom. The predicted octanol–water partition coefficient (Wildman–Crippen LogP) is 0.956. The van der Waals surface area contributed by atoms with E-state index in [9.17, 15) is 23.9 Å². The molecule has 0 saturated heterocycles. The minimum absolute atomic E-state index is 0.375. The molecule has 0 aliphatic heterocycles. The number of alkyl halides is 1. The van der Waals surface area contributed by atoms with Crippen molar-refractivity contribution in [3.05, 3.63) is 34.7 Å². The highest BCUT2D eigenvalue weighted by atomic mass is 19.1. The number of halogens is 1. The van der Waals surface area contributed by atoms with Gasteiger partial charge in [0.25, 0.3) is 5.56 Å². The number of rotatable bonds is 7. The van der Waals surface area contributed by atoms with Crippen molar-refractivity contribution in [2.45, 2.75) is 57.9 Å². The zero-order valence-electron chi connectivity index (χ0n) is 14.9. The van der Waals surface area contributed by atoms with Gasteiger partial charge in [-0.3, -0.25) is 14.4 Å². The molecular formula is C17H25FN2O5. The van der Waals surface area contributed by atoms with Gasteiger partial charge >= 0.3 is 5.97 Å². The summed E-state index contributed by atoms with van der Waals surface area (Å²) in [6.45, 7) is 5.38. The molecule has 3 atom stereocenters. The maximum Gasteiger partial charge on any atom is 0.308 e. The van der Waals surface area contributed by atoms with E-state index in [2.05, 4.69) is 5.32 Å². The van der Waals surface area contributed by atoms with Crippen LogP contribution in [-0.2, 0) is 14.3 Å². The van der Waals surface area contributed by atoms with E-state index in [0.717, 1.165) is 0 Å². The van der Waals surface area contributed by atoms with Gasteiger partial charge in [-0.2, -0.15) is 0 Å². The van der Waals surface area contributed by atoms with Gasteiger partial charge in [-0.1, -0.05) is 6.07 Å². The smallest absolute Gasteiger partial charge is 0.308 e. The van der Waals surface area contributed by atoms with E-state index in [4.69, 9.17) is 4.74 Å². The lowest BCUT2D eigenvalue weighted by Gasteiger charge is -2.26. The monoisotopic (exact) mass is 356 g/mol. The summed E-state index contributed by atoms with van der Waals surface area (Å²) in [6, 6.07) is 2.40. The number of pyridine rings is 1. The molecule has 1 aromatic heterocycles. The number of nitrogens with zero attached hydrogens (tertiary/aromatic N) is 1. The lowest BCUT2D eigenvalue weighted by molar-refractivity contribution is -0.156. The highest BCUT2D eigenvalue weighted by Gasteiger charge is 2.29. The normalized spacial score (nSPS) is 15.1. The first-order valence-electron chi connectivity index (χ1n) is 7.98. The molecule has 1 amide bonds. The number of aliphatic hydroxyl groups is 1. The number of esters is 1. The van der Waals surface area contributed by atoms with E-state index < -0.39 is 42.3 Å². The molecule has 0 aromatic carbocycles. The fourth-order valence-corrected chi connectivity index (χ4v) is 2.14. The minimum atomic E-state index is -1.56. The van der Waals surface area contributed by atoms with Gasteiger partial charge in [0, 0.05) is 12.3 Å². The molecule has 1 aromatic rings. The van der Waals surface area contributed by atoms with Crippen molar-refractivity contribution in [2.75, 3.05) is 6.67 Å². The summed E-state index contributed by atoms with van der Waals surface area (Å²) in [5.74, 6) is -1.29. The quantitative estimate of drug-likeness (QED) is 0.709. The maximum atomic E-state index is 12.9. The molecule has 0 aliphatic rings. The van der Waals surface area contributed by atoms with Crippen LogP contribution in [0.1, 0.15) is 40.2 Å². The summed E-state index contributed by atoms with van der Waals surface area (Å²) in [6.07, 6.45) is -0.498. The number of hydrogen-bond donors (Lipinski definition) is 2. The molecule has 7 nitrogen and oxygen atoms in total. The standard InChI is InChI=1S/C17H25FN2O5/c1-11(20-8-6-5-7-14(20)22)16(24)19-12(13(21)10-18)9-15(23)25-17(2,3)4/h5-8,11-13,21H,9-10H2,1-4H3,(H,19,24)/t11-,12?,13?/m0/s1. The number of amides is 1. The van der Waals surface area contributed by atoms with Gasteiger partial charge in [0.15, 0.2) is 0 Å². The Kier molecular flexibility index (Phi) is 7.29. The third-order valence-corrected chi connectivity index (χ3v) is 3.40. The van der Waals surface area contributed by atoms with E-state index in [0.29, 0.717) is 0 Å². The molecule has 1 heterocycles. The van der Waals surface area contributed by atoms with Gasteiger partial charge < -0.3 is 19.7 Å². The van der Waals surface area contributed by atoms with E-state index in [1.807, 2.05) is 0 Å². The first kappa shape index (κ1) is 20.8. The van der Waals surface area contributed by atoms with Crippen LogP contribution in [0, 0.1) is 0 Å². The van der Waals surface area contributed by atoms with Crippen LogP contribution in [0.25, 0.3) is 0 Å². The zero-order chi connectivity index (χ0) is 19.2. The Hall–Kier alpha value is -2.22. The lowest BCUT2D eigenvalue weighted by Crippen LogP contribution is -2.48. The summed E-state index contributed by atoms with van der Waals surface area (Å²) in [5.41, 5.74) is -1.11.